The Morgan fingerprint density at radius 3 is 2.50 bits per heavy atom. The Balaban J connectivity index is 2.21. The second-order valence-corrected chi connectivity index (χ2v) is 6.18. The summed E-state index contributed by atoms with van der Waals surface area (Å²) >= 11 is 0. The van der Waals surface area contributed by atoms with Gasteiger partial charge < -0.3 is 20.1 Å². The lowest BCUT2D eigenvalue weighted by Crippen LogP contribution is -2.46. The summed E-state index contributed by atoms with van der Waals surface area (Å²) in [5.74, 6) is -1.00. The van der Waals surface area contributed by atoms with Crippen LogP contribution in [0.15, 0.2) is 0 Å². The number of nitrogens with zero attached hydrogens (tertiary/aromatic N) is 1. The molecule has 6 heteroatoms. The van der Waals surface area contributed by atoms with Gasteiger partial charge >= 0.3 is 12.0 Å². The highest BCUT2D eigenvalue weighted by Crippen LogP contribution is 2.36. The fourth-order valence-electron chi connectivity index (χ4n) is 2.45. The van der Waals surface area contributed by atoms with Crippen LogP contribution in [0.4, 0.5) is 4.79 Å². The van der Waals surface area contributed by atoms with E-state index in [-0.39, 0.29) is 19.2 Å². The van der Waals surface area contributed by atoms with Crippen molar-refractivity contribution in [2.24, 2.45) is 5.41 Å². The molecule has 1 aliphatic carbocycles. The molecule has 1 rings (SSSR count). The van der Waals surface area contributed by atoms with E-state index in [4.69, 9.17) is 9.84 Å². The standard InChI is InChI=1S/C14H26N2O4/c1-14(2)6-4-11(5-7-14)16(3)13(19)15-8-9-20-10-12(17)18/h11H,4-10H2,1-3H3,(H,15,19)(H,17,18). The van der Waals surface area contributed by atoms with Crippen LogP contribution in [0.25, 0.3) is 0 Å². The zero-order valence-electron chi connectivity index (χ0n) is 12.6. The monoisotopic (exact) mass is 286 g/mol. The van der Waals surface area contributed by atoms with E-state index in [1.165, 1.54) is 0 Å². The van der Waals surface area contributed by atoms with E-state index in [0.717, 1.165) is 25.7 Å². The quantitative estimate of drug-likeness (QED) is 0.728. The average Bonchev–Trinajstić information content (AvgIpc) is 2.37. The summed E-state index contributed by atoms with van der Waals surface area (Å²) in [5.41, 5.74) is 0.387. The molecular formula is C14H26N2O4. The van der Waals surface area contributed by atoms with E-state index >= 15 is 0 Å². The topological polar surface area (TPSA) is 78.9 Å². The van der Waals surface area contributed by atoms with Crippen molar-refractivity contribution in [3.05, 3.63) is 0 Å². The van der Waals surface area contributed by atoms with E-state index in [9.17, 15) is 9.59 Å². The molecule has 0 aliphatic heterocycles. The summed E-state index contributed by atoms with van der Waals surface area (Å²) < 4.78 is 4.87. The molecule has 6 nitrogen and oxygen atoms in total. The number of carboxylic acid groups (broad SMARTS) is 1. The molecule has 0 aromatic heterocycles. The molecular weight excluding hydrogens is 260 g/mol. The van der Waals surface area contributed by atoms with Crippen LogP contribution in [0.3, 0.4) is 0 Å². The van der Waals surface area contributed by atoms with Gasteiger partial charge in [-0.3, -0.25) is 0 Å². The molecule has 0 radical (unpaired) electrons. The molecule has 20 heavy (non-hydrogen) atoms. The number of ether oxygens (including phenoxy) is 1. The number of carbonyl (C=O) groups excluding carboxylic acids is 1. The number of carbonyl (C=O) groups is 2. The van der Waals surface area contributed by atoms with Crippen molar-refractivity contribution in [2.75, 3.05) is 26.8 Å². The molecule has 2 N–H and O–H groups in total. The molecule has 0 bridgehead atoms. The number of urea groups is 1. The van der Waals surface area contributed by atoms with Gasteiger partial charge in [0, 0.05) is 19.6 Å². The van der Waals surface area contributed by atoms with Gasteiger partial charge in [0.05, 0.1) is 6.61 Å². The highest BCUT2D eigenvalue weighted by atomic mass is 16.5. The summed E-state index contributed by atoms with van der Waals surface area (Å²) in [5, 5.41) is 11.1. The largest absolute Gasteiger partial charge is 0.480 e. The van der Waals surface area contributed by atoms with Crippen LogP contribution in [0.2, 0.25) is 0 Å². The van der Waals surface area contributed by atoms with Crippen molar-refractivity contribution >= 4 is 12.0 Å². The van der Waals surface area contributed by atoms with E-state index in [1.807, 2.05) is 7.05 Å². The first kappa shape index (κ1) is 16.8. The molecule has 0 unspecified atom stereocenters. The lowest BCUT2D eigenvalue weighted by atomic mass is 9.75. The van der Waals surface area contributed by atoms with Crippen LogP contribution in [0.1, 0.15) is 39.5 Å². The van der Waals surface area contributed by atoms with Gasteiger partial charge in [-0.05, 0) is 31.1 Å². The minimum atomic E-state index is -1.00. The molecule has 2 amide bonds. The third-order valence-electron chi connectivity index (χ3n) is 3.92. The van der Waals surface area contributed by atoms with Gasteiger partial charge in [0.25, 0.3) is 0 Å². The van der Waals surface area contributed by atoms with Crippen LogP contribution in [0.5, 0.6) is 0 Å². The van der Waals surface area contributed by atoms with Gasteiger partial charge in [0.2, 0.25) is 0 Å². The van der Waals surface area contributed by atoms with Crippen molar-refractivity contribution in [2.45, 2.75) is 45.6 Å². The number of hydrogen-bond donors (Lipinski definition) is 2. The molecule has 0 aromatic rings. The summed E-state index contributed by atoms with van der Waals surface area (Å²) in [6.45, 7) is 4.74. The molecule has 0 spiro atoms. The highest BCUT2D eigenvalue weighted by Gasteiger charge is 2.30. The fraction of sp³-hybridized carbons (Fsp3) is 0.857. The minimum absolute atomic E-state index is 0.117. The Morgan fingerprint density at radius 1 is 1.35 bits per heavy atom. The molecule has 116 valence electrons. The lowest BCUT2D eigenvalue weighted by molar-refractivity contribution is -0.142. The normalized spacial score (nSPS) is 18.6. The number of aliphatic carboxylic acids is 1. The Hall–Kier alpha value is -1.30. The minimum Gasteiger partial charge on any atom is -0.480 e. The maximum atomic E-state index is 11.9. The predicted molar refractivity (Wildman–Crippen MR) is 75.7 cm³/mol. The smallest absolute Gasteiger partial charge is 0.329 e. The van der Waals surface area contributed by atoms with Crippen molar-refractivity contribution in [3.63, 3.8) is 0 Å². The number of amides is 2. The van der Waals surface area contributed by atoms with E-state index in [0.29, 0.717) is 18.0 Å². The third-order valence-corrected chi connectivity index (χ3v) is 3.92. The van der Waals surface area contributed by atoms with Crippen LogP contribution < -0.4 is 5.32 Å². The number of rotatable bonds is 6. The van der Waals surface area contributed by atoms with Crippen LogP contribution in [-0.4, -0.2) is 54.9 Å². The molecule has 1 aliphatic rings. The second kappa shape index (κ2) is 7.47. The van der Waals surface area contributed by atoms with Gasteiger partial charge in [-0.25, -0.2) is 9.59 Å². The van der Waals surface area contributed by atoms with Gasteiger partial charge in [0.1, 0.15) is 6.61 Å². The van der Waals surface area contributed by atoms with Gasteiger partial charge in [-0.15, -0.1) is 0 Å². The fourth-order valence-corrected chi connectivity index (χ4v) is 2.45. The van der Waals surface area contributed by atoms with Crippen molar-refractivity contribution in [1.29, 1.82) is 0 Å². The molecule has 1 saturated carbocycles. The van der Waals surface area contributed by atoms with Gasteiger partial charge in [-0.2, -0.15) is 0 Å². The van der Waals surface area contributed by atoms with Crippen LogP contribution in [-0.2, 0) is 9.53 Å². The zero-order chi connectivity index (χ0) is 15.2. The van der Waals surface area contributed by atoms with Crippen molar-refractivity contribution < 1.29 is 19.4 Å². The van der Waals surface area contributed by atoms with Gasteiger partial charge in [-0.1, -0.05) is 13.8 Å². The zero-order valence-corrected chi connectivity index (χ0v) is 12.6. The Morgan fingerprint density at radius 2 is 1.95 bits per heavy atom. The summed E-state index contributed by atoms with van der Waals surface area (Å²) in [4.78, 5) is 23.9. The van der Waals surface area contributed by atoms with E-state index in [1.54, 1.807) is 4.90 Å². The average molecular weight is 286 g/mol. The maximum Gasteiger partial charge on any atom is 0.329 e. The summed E-state index contributed by atoms with van der Waals surface area (Å²) in [7, 11) is 1.82. The van der Waals surface area contributed by atoms with E-state index < -0.39 is 5.97 Å². The highest BCUT2D eigenvalue weighted by molar-refractivity contribution is 5.74. The third kappa shape index (κ3) is 5.77. The Bertz CT molecular complexity index is 334. The molecule has 1 fully saturated rings. The molecule has 0 heterocycles. The molecule has 0 saturated heterocycles. The number of carboxylic acids is 1. The van der Waals surface area contributed by atoms with Crippen molar-refractivity contribution in [3.8, 4) is 0 Å². The first-order chi connectivity index (χ1) is 9.32. The Kier molecular flexibility index (Phi) is 6.26. The Labute approximate surface area is 120 Å². The van der Waals surface area contributed by atoms with Crippen LogP contribution in [0, 0.1) is 5.41 Å². The second-order valence-electron chi connectivity index (χ2n) is 6.18. The summed E-state index contributed by atoms with van der Waals surface area (Å²) in [6, 6.07) is 0.177. The van der Waals surface area contributed by atoms with E-state index in [2.05, 4.69) is 19.2 Å². The molecule has 0 atom stereocenters. The van der Waals surface area contributed by atoms with Crippen molar-refractivity contribution in [1.82, 2.24) is 10.2 Å². The molecule has 0 aromatic carbocycles. The number of nitrogens with one attached hydrogen (secondary N) is 1. The first-order valence-corrected chi connectivity index (χ1v) is 7.12. The van der Waals surface area contributed by atoms with Crippen LogP contribution >= 0.6 is 0 Å². The van der Waals surface area contributed by atoms with Gasteiger partial charge in [0.15, 0.2) is 0 Å². The first-order valence-electron chi connectivity index (χ1n) is 7.12. The predicted octanol–water partition coefficient (Wildman–Crippen LogP) is 1.70. The maximum absolute atomic E-state index is 11.9. The summed E-state index contributed by atoms with van der Waals surface area (Å²) in [6.07, 6.45) is 4.34. The SMILES string of the molecule is CN(C(=O)NCCOCC(=O)O)C1CCC(C)(C)CC1. The lowest BCUT2D eigenvalue weighted by Gasteiger charge is -2.38. The number of hydrogen-bond acceptors (Lipinski definition) is 3.